The second-order valence-electron chi connectivity index (χ2n) is 6.29. The Labute approximate surface area is 139 Å². The van der Waals surface area contributed by atoms with Crippen LogP contribution in [0.2, 0.25) is 0 Å². The van der Waals surface area contributed by atoms with E-state index < -0.39 is 0 Å². The lowest BCUT2D eigenvalue weighted by molar-refractivity contribution is -0.144. The van der Waals surface area contributed by atoms with Crippen LogP contribution >= 0.6 is 11.8 Å². The minimum Gasteiger partial charge on any atom is -0.374 e. The Hall–Kier alpha value is -1.53. The quantitative estimate of drug-likeness (QED) is 0.903. The number of amides is 2. The molecule has 1 saturated carbocycles. The van der Waals surface area contributed by atoms with Crippen LogP contribution in [-0.2, 0) is 14.3 Å². The Kier molecular flexibility index (Phi) is 4.03. The number of nitrogens with zero attached hydrogens (tertiary/aromatic N) is 1. The van der Waals surface area contributed by atoms with Crippen LogP contribution in [0.5, 0.6) is 0 Å². The summed E-state index contributed by atoms with van der Waals surface area (Å²) in [5, 5.41) is 2.56. The van der Waals surface area contributed by atoms with Gasteiger partial charge >= 0.3 is 0 Å². The van der Waals surface area contributed by atoms with Crippen LogP contribution in [0.3, 0.4) is 0 Å². The van der Waals surface area contributed by atoms with Gasteiger partial charge in [0, 0.05) is 17.9 Å². The zero-order valence-electron chi connectivity index (χ0n) is 12.9. The molecular formula is C17H20N2O3S. The second kappa shape index (κ2) is 6.17. The lowest BCUT2D eigenvalue weighted by atomic mass is 10.1. The number of fused-ring (bicyclic) bond motifs is 2. The highest BCUT2D eigenvalue weighted by Crippen LogP contribution is 2.37. The number of nitrogens with one attached hydrogen (secondary N) is 1. The number of thioether (sulfide) groups is 1. The molecule has 3 aliphatic rings. The number of para-hydroxylation sites is 1. The number of benzene rings is 1. The molecule has 2 heterocycles. The van der Waals surface area contributed by atoms with Crippen molar-refractivity contribution in [1.29, 1.82) is 0 Å². The highest BCUT2D eigenvalue weighted by Gasteiger charge is 2.39. The van der Waals surface area contributed by atoms with Gasteiger partial charge in [0.25, 0.3) is 0 Å². The molecule has 0 radical (unpaired) electrons. The van der Waals surface area contributed by atoms with E-state index in [1.54, 1.807) is 0 Å². The fourth-order valence-electron chi connectivity index (χ4n) is 3.74. The Morgan fingerprint density at radius 2 is 2.22 bits per heavy atom. The summed E-state index contributed by atoms with van der Waals surface area (Å²) in [5.74, 6) is 0.00973. The number of rotatable bonds is 2. The highest BCUT2D eigenvalue weighted by molar-refractivity contribution is 8.01. The third kappa shape index (κ3) is 2.85. The maximum atomic E-state index is 12.7. The van der Waals surface area contributed by atoms with E-state index in [1.807, 2.05) is 29.2 Å². The topological polar surface area (TPSA) is 58.6 Å². The fourth-order valence-corrected chi connectivity index (χ4v) is 4.84. The number of hydrogen-bond donors (Lipinski definition) is 1. The van der Waals surface area contributed by atoms with Crippen molar-refractivity contribution in [3.63, 3.8) is 0 Å². The minimum absolute atomic E-state index is 0.0710. The first kappa shape index (κ1) is 15.0. The van der Waals surface area contributed by atoms with E-state index in [2.05, 4.69) is 5.32 Å². The molecular weight excluding hydrogens is 312 g/mol. The van der Waals surface area contributed by atoms with Gasteiger partial charge in [0.1, 0.15) is 0 Å². The number of anilines is 1. The number of carbonyl (C=O) groups excluding carboxylic acids is 2. The van der Waals surface area contributed by atoms with Gasteiger partial charge in [0.2, 0.25) is 11.8 Å². The number of hydrogen-bond acceptors (Lipinski definition) is 4. The van der Waals surface area contributed by atoms with Crippen molar-refractivity contribution in [1.82, 2.24) is 4.90 Å². The van der Waals surface area contributed by atoms with E-state index in [1.165, 1.54) is 11.8 Å². The summed E-state index contributed by atoms with van der Waals surface area (Å²) in [5.41, 5.74) is 0.841. The minimum atomic E-state index is -0.347. The average Bonchev–Trinajstić information content (AvgIpc) is 3.04. The van der Waals surface area contributed by atoms with E-state index >= 15 is 0 Å². The van der Waals surface area contributed by atoms with Crippen LogP contribution in [0.4, 0.5) is 5.69 Å². The molecule has 0 spiro atoms. The molecule has 122 valence electrons. The summed E-state index contributed by atoms with van der Waals surface area (Å²) >= 11 is 1.49. The van der Waals surface area contributed by atoms with Crippen molar-refractivity contribution in [3.8, 4) is 0 Å². The average molecular weight is 332 g/mol. The molecule has 1 aromatic carbocycles. The van der Waals surface area contributed by atoms with Crippen LogP contribution in [0.15, 0.2) is 29.2 Å². The normalized spacial score (nSPS) is 29.7. The molecule has 2 aliphatic heterocycles. The van der Waals surface area contributed by atoms with E-state index in [-0.39, 0.29) is 35.6 Å². The third-order valence-electron chi connectivity index (χ3n) is 4.87. The molecule has 23 heavy (non-hydrogen) atoms. The monoisotopic (exact) mass is 332 g/mol. The number of morpholine rings is 1. The molecule has 1 aliphatic carbocycles. The van der Waals surface area contributed by atoms with Gasteiger partial charge in [0.05, 0.1) is 29.7 Å². The maximum absolute atomic E-state index is 12.7. The second-order valence-corrected chi connectivity index (χ2v) is 7.54. The van der Waals surface area contributed by atoms with Gasteiger partial charge in [-0.3, -0.25) is 9.59 Å². The Bertz CT molecular complexity index is 636. The first-order valence-electron chi connectivity index (χ1n) is 8.20. The predicted octanol–water partition coefficient (Wildman–Crippen LogP) is 2.27. The lowest BCUT2D eigenvalue weighted by Gasteiger charge is -2.38. The van der Waals surface area contributed by atoms with Crippen LogP contribution in [-0.4, -0.2) is 47.3 Å². The SMILES string of the molecule is O=C1Nc2ccccc2S[C@@H]1CC(=O)N1CCO[C@H]2CCC[C@@H]21. The Balaban J connectivity index is 1.45. The highest BCUT2D eigenvalue weighted by atomic mass is 32.2. The van der Waals surface area contributed by atoms with E-state index in [4.69, 9.17) is 4.74 Å². The van der Waals surface area contributed by atoms with Gasteiger partial charge in [0.15, 0.2) is 0 Å². The van der Waals surface area contributed by atoms with Crippen LogP contribution in [0, 0.1) is 0 Å². The Morgan fingerprint density at radius 3 is 3.13 bits per heavy atom. The smallest absolute Gasteiger partial charge is 0.238 e. The molecule has 5 nitrogen and oxygen atoms in total. The fraction of sp³-hybridized carbons (Fsp3) is 0.529. The van der Waals surface area contributed by atoms with Crippen LogP contribution < -0.4 is 5.32 Å². The van der Waals surface area contributed by atoms with E-state index in [0.717, 1.165) is 29.8 Å². The third-order valence-corrected chi connectivity index (χ3v) is 6.14. The van der Waals surface area contributed by atoms with Gasteiger partial charge in [-0.15, -0.1) is 11.8 Å². The molecule has 0 unspecified atom stereocenters. The molecule has 1 aromatic rings. The van der Waals surface area contributed by atoms with E-state index in [0.29, 0.717) is 13.2 Å². The molecule has 3 atom stereocenters. The standard InChI is InChI=1S/C17H20N2O3S/c20-16(19-8-9-22-13-6-3-5-12(13)19)10-15-17(21)18-11-4-1-2-7-14(11)23-15/h1-2,4,7,12-13,15H,3,5-6,8-10H2,(H,18,21)/t12-,13-,15+/m0/s1. The summed E-state index contributed by atoms with van der Waals surface area (Å²) in [6.45, 7) is 1.26. The molecule has 0 aromatic heterocycles. The van der Waals surface area contributed by atoms with Gasteiger partial charge in [-0.05, 0) is 31.4 Å². The summed E-state index contributed by atoms with van der Waals surface area (Å²) in [4.78, 5) is 28.0. The van der Waals surface area contributed by atoms with Gasteiger partial charge < -0.3 is 15.0 Å². The molecule has 1 N–H and O–H groups in total. The number of carbonyl (C=O) groups is 2. The summed E-state index contributed by atoms with van der Waals surface area (Å²) in [6.07, 6.45) is 3.63. The van der Waals surface area contributed by atoms with Gasteiger partial charge in [-0.2, -0.15) is 0 Å². The lowest BCUT2D eigenvalue weighted by Crippen LogP contribution is -2.52. The van der Waals surface area contributed by atoms with Crippen molar-refractivity contribution in [3.05, 3.63) is 24.3 Å². The van der Waals surface area contributed by atoms with Crippen molar-refractivity contribution >= 4 is 29.3 Å². The molecule has 0 bridgehead atoms. The zero-order chi connectivity index (χ0) is 15.8. The summed E-state index contributed by atoms with van der Waals surface area (Å²) < 4.78 is 5.76. The molecule has 2 amide bonds. The Morgan fingerprint density at radius 1 is 1.35 bits per heavy atom. The first-order chi connectivity index (χ1) is 11.2. The predicted molar refractivity (Wildman–Crippen MR) is 88.4 cm³/mol. The largest absolute Gasteiger partial charge is 0.374 e. The van der Waals surface area contributed by atoms with Crippen molar-refractivity contribution < 1.29 is 14.3 Å². The van der Waals surface area contributed by atoms with Gasteiger partial charge in [-0.1, -0.05) is 12.1 Å². The van der Waals surface area contributed by atoms with Crippen molar-refractivity contribution in [2.45, 2.75) is 48.0 Å². The molecule has 6 heteroatoms. The number of ether oxygens (including phenoxy) is 1. The van der Waals surface area contributed by atoms with E-state index in [9.17, 15) is 9.59 Å². The van der Waals surface area contributed by atoms with Crippen LogP contribution in [0.1, 0.15) is 25.7 Å². The van der Waals surface area contributed by atoms with Crippen molar-refractivity contribution in [2.24, 2.45) is 0 Å². The molecule has 1 saturated heterocycles. The van der Waals surface area contributed by atoms with Crippen LogP contribution in [0.25, 0.3) is 0 Å². The molecule has 2 fully saturated rings. The maximum Gasteiger partial charge on any atom is 0.238 e. The summed E-state index contributed by atoms with van der Waals surface area (Å²) in [7, 11) is 0. The van der Waals surface area contributed by atoms with Gasteiger partial charge in [-0.25, -0.2) is 0 Å². The zero-order valence-corrected chi connectivity index (χ0v) is 13.7. The molecule has 4 rings (SSSR count). The first-order valence-corrected chi connectivity index (χ1v) is 9.08. The summed E-state index contributed by atoms with van der Waals surface area (Å²) in [6, 6.07) is 7.94. The van der Waals surface area contributed by atoms with Crippen molar-refractivity contribution in [2.75, 3.05) is 18.5 Å².